The van der Waals surface area contributed by atoms with Gasteiger partial charge in [0.15, 0.2) is 6.61 Å². The highest BCUT2D eigenvalue weighted by atomic mass is 35.5. The molecule has 1 amide bonds. The summed E-state index contributed by atoms with van der Waals surface area (Å²) < 4.78 is 27.2. The van der Waals surface area contributed by atoms with Crippen LogP contribution in [0.4, 0.5) is 5.69 Å². The van der Waals surface area contributed by atoms with Gasteiger partial charge < -0.3 is 10.1 Å². The van der Waals surface area contributed by atoms with Gasteiger partial charge in [-0.25, -0.2) is 18.4 Å². The minimum absolute atomic E-state index is 0.0174. The molecule has 1 aromatic rings. The molecular weight excluding hydrogens is 379 g/mol. The van der Waals surface area contributed by atoms with Gasteiger partial charge in [-0.15, -0.1) is 0 Å². The van der Waals surface area contributed by atoms with Gasteiger partial charge in [0, 0.05) is 6.08 Å². The summed E-state index contributed by atoms with van der Waals surface area (Å²) in [5.74, 6) is -1.40. The van der Waals surface area contributed by atoms with Crippen molar-refractivity contribution in [2.45, 2.75) is 11.8 Å². The molecule has 0 spiro atoms. The summed E-state index contributed by atoms with van der Waals surface area (Å²) in [5.41, 5.74) is -0.0174. The standard InChI is InChI=1S/C14H14Cl2N2O5S/c1-2-3-4-5-13(20)23-8-12(19)18-14-10(15)6-9(7-11(14)16)24(17,21)22/h2-7H,8H2,1H3,(H,18,19)(H2,17,21,22)/b3-2+,5-4+. The Morgan fingerprint density at radius 2 is 1.83 bits per heavy atom. The smallest absolute Gasteiger partial charge is 0.331 e. The number of hydrogen-bond donors (Lipinski definition) is 2. The van der Waals surface area contributed by atoms with E-state index < -0.39 is 28.5 Å². The Labute approximate surface area is 149 Å². The number of halogens is 2. The normalized spacial score (nSPS) is 11.8. The predicted molar refractivity (Wildman–Crippen MR) is 91.4 cm³/mol. The first kappa shape index (κ1) is 20.2. The van der Waals surface area contributed by atoms with Crippen LogP contribution in [0.5, 0.6) is 0 Å². The summed E-state index contributed by atoms with van der Waals surface area (Å²) in [5, 5.41) is 7.05. The zero-order valence-corrected chi connectivity index (χ0v) is 14.8. The van der Waals surface area contributed by atoms with Crippen molar-refractivity contribution in [3.05, 3.63) is 46.5 Å². The van der Waals surface area contributed by atoms with Gasteiger partial charge in [0.2, 0.25) is 10.0 Å². The lowest BCUT2D eigenvalue weighted by Crippen LogP contribution is -2.21. The van der Waals surface area contributed by atoms with Crippen LogP contribution in [0.2, 0.25) is 10.0 Å². The largest absolute Gasteiger partial charge is 0.452 e. The number of rotatable bonds is 6. The summed E-state index contributed by atoms with van der Waals surface area (Å²) in [6.07, 6.45) is 5.94. The molecule has 0 aliphatic heterocycles. The number of nitrogens with one attached hydrogen (secondary N) is 1. The fourth-order valence-electron chi connectivity index (χ4n) is 1.44. The quantitative estimate of drug-likeness (QED) is 0.437. The van der Waals surface area contributed by atoms with Crippen molar-refractivity contribution in [3.8, 4) is 0 Å². The lowest BCUT2D eigenvalue weighted by atomic mass is 10.3. The highest BCUT2D eigenvalue weighted by Crippen LogP contribution is 2.33. The number of anilines is 1. The molecule has 24 heavy (non-hydrogen) atoms. The maximum atomic E-state index is 11.7. The summed E-state index contributed by atoms with van der Waals surface area (Å²) >= 11 is 11.8. The summed E-state index contributed by atoms with van der Waals surface area (Å²) in [6, 6.07) is 2.09. The van der Waals surface area contributed by atoms with E-state index in [0.717, 1.165) is 18.2 Å². The van der Waals surface area contributed by atoms with E-state index in [1.807, 2.05) is 0 Å². The highest BCUT2D eigenvalue weighted by molar-refractivity contribution is 7.89. The molecule has 3 N–H and O–H groups in total. The first-order valence-electron chi connectivity index (χ1n) is 6.43. The fourth-order valence-corrected chi connectivity index (χ4v) is 2.71. The van der Waals surface area contributed by atoms with Gasteiger partial charge in [-0.1, -0.05) is 41.4 Å². The van der Waals surface area contributed by atoms with Gasteiger partial charge in [-0.05, 0) is 19.1 Å². The van der Waals surface area contributed by atoms with Crippen molar-refractivity contribution >= 4 is 50.8 Å². The number of nitrogens with two attached hydrogens (primary N) is 1. The average molecular weight is 393 g/mol. The molecule has 0 unspecified atom stereocenters. The van der Waals surface area contributed by atoms with Crippen LogP contribution in [-0.2, 0) is 24.3 Å². The molecule has 0 aliphatic rings. The maximum Gasteiger partial charge on any atom is 0.331 e. The molecule has 0 heterocycles. The second kappa shape index (κ2) is 8.84. The molecule has 0 atom stereocenters. The Hall–Kier alpha value is -1.87. The Morgan fingerprint density at radius 1 is 1.25 bits per heavy atom. The zero-order valence-electron chi connectivity index (χ0n) is 12.5. The topological polar surface area (TPSA) is 116 Å². The van der Waals surface area contributed by atoms with Crippen LogP contribution in [-0.4, -0.2) is 26.9 Å². The summed E-state index contributed by atoms with van der Waals surface area (Å²) in [6.45, 7) is 1.21. The van der Waals surface area contributed by atoms with Crippen molar-refractivity contribution < 1.29 is 22.7 Å². The summed E-state index contributed by atoms with van der Waals surface area (Å²) in [4.78, 5) is 22.8. The van der Waals surface area contributed by atoms with E-state index in [-0.39, 0.29) is 20.6 Å². The third-order valence-electron chi connectivity index (χ3n) is 2.49. The molecule has 1 aromatic carbocycles. The van der Waals surface area contributed by atoms with Crippen LogP contribution in [0.3, 0.4) is 0 Å². The highest BCUT2D eigenvalue weighted by Gasteiger charge is 2.17. The monoisotopic (exact) mass is 392 g/mol. The molecule has 1 rings (SSSR count). The molecule has 0 bridgehead atoms. The van der Waals surface area contributed by atoms with Gasteiger partial charge in [0.25, 0.3) is 5.91 Å². The SMILES string of the molecule is C/C=C/C=C/C(=O)OCC(=O)Nc1c(Cl)cc(S(N)(=O)=O)cc1Cl. The van der Waals surface area contributed by atoms with E-state index in [1.165, 1.54) is 6.08 Å². The molecule has 0 saturated heterocycles. The predicted octanol–water partition coefficient (Wildman–Crippen LogP) is 2.25. The third-order valence-corrected chi connectivity index (χ3v) is 3.98. The van der Waals surface area contributed by atoms with Crippen LogP contribution in [0.15, 0.2) is 41.3 Å². The van der Waals surface area contributed by atoms with Crippen LogP contribution < -0.4 is 10.5 Å². The lowest BCUT2D eigenvalue weighted by Gasteiger charge is -2.10. The van der Waals surface area contributed by atoms with Crippen molar-refractivity contribution in [3.63, 3.8) is 0 Å². The van der Waals surface area contributed by atoms with E-state index in [0.29, 0.717) is 0 Å². The minimum atomic E-state index is -3.99. The van der Waals surface area contributed by atoms with Crippen molar-refractivity contribution in [2.75, 3.05) is 11.9 Å². The van der Waals surface area contributed by atoms with Crippen molar-refractivity contribution in [2.24, 2.45) is 5.14 Å². The van der Waals surface area contributed by atoms with Crippen molar-refractivity contribution in [1.82, 2.24) is 0 Å². The molecule has 0 fully saturated rings. The van der Waals surface area contributed by atoms with Gasteiger partial charge in [0.1, 0.15) is 0 Å². The molecule has 7 nitrogen and oxygen atoms in total. The number of allylic oxidation sites excluding steroid dienone is 3. The molecule has 130 valence electrons. The lowest BCUT2D eigenvalue weighted by molar-refractivity contribution is -0.142. The van der Waals surface area contributed by atoms with E-state index >= 15 is 0 Å². The number of hydrogen-bond acceptors (Lipinski definition) is 5. The Balaban J connectivity index is 2.76. The van der Waals surface area contributed by atoms with Crippen LogP contribution >= 0.6 is 23.2 Å². The molecular formula is C14H14Cl2N2O5S. The Kier molecular flexibility index (Phi) is 7.43. The van der Waals surface area contributed by atoms with Crippen LogP contribution in [0.25, 0.3) is 0 Å². The minimum Gasteiger partial charge on any atom is -0.452 e. The second-order valence-corrected chi connectivity index (χ2v) is 6.72. The molecule has 0 saturated carbocycles. The number of ether oxygens (including phenoxy) is 1. The zero-order chi connectivity index (χ0) is 18.3. The van der Waals surface area contributed by atoms with Crippen LogP contribution in [0, 0.1) is 0 Å². The van der Waals surface area contributed by atoms with E-state index in [4.69, 9.17) is 33.1 Å². The maximum absolute atomic E-state index is 11.7. The number of carbonyl (C=O) groups is 2. The second-order valence-electron chi connectivity index (χ2n) is 4.35. The first-order valence-corrected chi connectivity index (χ1v) is 8.73. The van der Waals surface area contributed by atoms with E-state index in [9.17, 15) is 18.0 Å². The fraction of sp³-hybridized carbons (Fsp3) is 0.143. The van der Waals surface area contributed by atoms with E-state index in [2.05, 4.69) is 5.32 Å². The molecule has 0 aliphatic carbocycles. The Morgan fingerprint density at radius 3 is 2.33 bits per heavy atom. The van der Waals surface area contributed by atoms with Crippen LogP contribution in [0.1, 0.15) is 6.92 Å². The Bertz CT molecular complexity index is 780. The number of benzene rings is 1. The number of esters is 1. The van der Waals surface area contributed by atoms with Gasteiger partial charge >= 0.3 is 5.97 Å². The molecule has 10 heteroatoms. The molecule has 0 aromatic heterocycles. The van der Waals surface area contributed by atoms with Gasteiger partial charge in [-0.3, -0.25) is 4.79 Å². The number of sulfonamides is 1. The number of primary sulfonamides is 1. The van der Waals surface area contributed by atoms with E-state index in [1.54, 1.807) is 19.1 Å². The first-order chi connectivity index (χ1) is 11.1. The average Bonchev–Trinajstić information content (AvgIpc) is 2.48. The number of carbonyl (C=O) groups excluding carboxylic acids is 2. The third kappa shape index (κ3) is 6.32. The van der Waals surface area contributed by atoms with Gasteiger partial charge in [-0.2, -0.15) is 0 Å². The van der Waals surface area contributed by atoms with Crippen molar-refractivity contribution in [1.29, 1.82) is 0 Å². The van der Waals surface area contributed by atoms with Gasteiger partial charge in [0.05, 0.1) is 20.6 Å². The number of amides is 1. The molecule has 0 radical (unpaired) electrons. The summed E-state index contributed by atoms with van der Waals surface area (Å²) in [7, 11) is -3.99.